The van der Waals surface area contributed by atoms with Crippen LogP contribution in [0.5, 0.6) is 0 Å². The number of benzene rings is 2. The molecule has 0 aliphatic heterocycles. The number of carbonyl (C=O) groups is 1. The lowest BCUT2D eigenvalue weighted by molar-refractivity contribution is -0.121. The van der Waals surface area contributed by atoms with E-state index in [4.69, 9.17) is 23.3 Å². The molecule has 210 valence electrons. The molecule has 1 amide bonds. The first kappa shape index (κ1) is 39.0. The van der Waals surface area contributed by atoms with Crippen LogP contribution >= 0.6 is 0 Å². The fraction of sp³-hybridized carbons (Fsp3) is 0.333. The lowest BCUT2D eigenvalue weighted by Gasteiger charge is -2.24. The number of nitrogens with two attached hydrogens (primary N) is 2. The first-order valence-electron chi connectivity index (χ1n) is 12.3. The van der Waals surface area contributed by atoms with Gasteiger partial charge in [0.05, 0.1) is 4.90 Å². The van der Waals surface area contributed by atoms with Crippen LogP contribution in [0.4, 0.5) is 0 Å². The van der Waals surface area contributed by atoms with Crippen molar-refractivity contribution in [2.75, 3.05) is 13.1 Å². The van der Waals surface area contributed by atoms with E-state index in [1.807, 2.05) is 83.2 Å². The fourth-order valence-electron chi connectivity index (χ4n) is 2.51. The van der Waals surface area contributed by atoms with Crippen molar-refractivity contribution in [2.45, 2.75) is 53.0 Å². The average Bonchev–Trinajstić information content (AvgIpc) is 2.92. The van der Waals surface area contributed by atoms with Crippen LogP contribution in [0, 0.1) is 30.6 Å². The van der Waals surface area contributed by atoms with Crippen molar-refractivity contribution in [2.24, 2.45) is 17.4 Å². The Labute approximate surface area is 231 Å². The highest BCUT2D eigenvalue weighted by Gasteiger charge is 2.27. The molecule has 2 rings (SSSR count). The van der Waals surface area contributed by atoms with Gasteiger partial charge in [0.25, 0.3) is 0 Å². The Bertz CT molecular complexity index is 1060. The summed E-state index contributed by atoms with van der Waals surface area (Å²) in [6.45, 7) is 14.9. The van der Waals surface area contributed by atoms with Crippen molar-refractivity contribution < 1.29 is 13.2 Å². The van der Waals surface area contributed by atoms with Gasteiger partial charge in [-0.1, -0.05) is 99.9 Å². The Kier molecular flexibility index (Phi) is 25.8. The third kappa shape index (κ3) is 17.8. The summed E-state index contributed by atoms with van der Waals surface area (Å²) in [7, 11) is -3.72. The van der Waals surface area contributed by atoms with Gasteiger partial charge in [-0.15, -0.1) is 6.42 Å². The minimum atomic E-state index is -3.72. The van der Waals surface area contributed by atoms with Crippen molar-refractivity contribution in [3.8, 4) is 12.3 Å². The Morgan fingerprint density at radius 1 is 1.11 bits per heavy atom. The topological polar surface area (TPSA) is 130 Å². The number of rotatable bonds is 8. The predicted molar refractivity (Wildman–Crippen MR) is 162 cm³/mol. The van der Waals surface area contributed by atoms with Crippen LogP contribution in [-0.4, -0.2) is 38.4 Å². The molecule has 2 aromatic rings. The number of carbonyl (C=O) groups excluding carboxylic acids is 1. The minimum absolute atomic E-state index is 0.0421. The van der Waals surface area contributed by atoms with E-state index in [0.717, 1.165) is 17.7 Å². The van der Waals surface area contributed by atoms with E-state index < -0.39 is 21.8 Å². The molecule has 0 aliphatic rings. The number of allylic oxidation sites excluding steroid dienone is 4. The Balaban J connectivity index is -0.000000732. The summed E-state index contributed by atoms with van der Waals surface area (Å²) in [5.41, 5.74) is 12.0. The molecule has 5 N–H and O–H groups in total. The first-order chi connectivity index (χ1) is 18.1. The van der Waals surface area contributed by atoms with Crippen LogP contribution in [-0.2, 0) is 21.4 Å². The summed E-state index contributed by atoms with van der Waals surface area (Å²) in [4.78, 5) is 11.6. The van der Waals surface area contributed by atoms with Gasteiger partial charge in [0, 0.05) is 19.0 Å². The molecule has 0 saturated heterocycles. The number of terminal acetylenes is 1. The molecule has 0 radical (unpaired) electrons. The SMILES string of the molecule is C#C/C=C\C=C/C.C=N.CC.CCN.Cc1ccc(S(=O)(=O)N(Cc2ccccc2)CC(C)C(N)=O)cc1. The molecule has 0 saturated carbocycles. The van der Waals surface area contributed by atoms with E-state index in [1.165, 1.54) is 4.31 Å². The Hall–Kier alpha value is -3.51. The second-order valence-corrected chi connectivity index (χ2v) is 9.30. The van der Waals surface area contributed by atoms with Gasteiger partial charge in [-0.05, 0) is 50.9 Å². The van der Waals surface area contributed by atoms with Gasteiger partial charge < -0.3 is 16.9 Å². The van der Waals surface area contributed by atoms with E-state index in [-0.39, 0.29) is 18.0 Å². The molecule has 0 heterocycles. The highest BCUT2D eigenvalue weighted by Crippen LogP contribution is 2.20. The zero-order valence-corrected chi connectivity index (χ0v) is 24.5. The van der Waals surface area contributed by atoms with Crippen molar-refractivity contribution in [1.82, 2.24) is 4.31 Å². The third-order valence-corrected chi connectivity index (χ3v) is 6.15. The predicted octanol–water partition coefficient (Wildman–Crippen LogP) is 5.32. The van der Waals surface area contributed by atoms with Gasteiger partial charge in [-0.2, -0.15) is 4.31 Å². The Morgan fingerprint density at radius 2 is 1.61 bits per heavy atom. The van der Waals surface area contributed by atoms with Crippen molar-refractivity contribution in [3.05, 3.63) is 90.0 Å². The van der Waals surface area contributed by atoms with E-state index >= 15 is 0 Å². The van der Waals surface area contributed by atoms with E-state index in [0.29, 0.717) is 0 Å². The number of hydrogen-bond acceptors (Lipinski definition) is 5. The summed E-state index contributed by atoms with van der Waals surface area (Å²) >= 11 is 0. The number of sulfonamides is 1. The van der Waals surface area contributed by atoms with Gasteiger partial charge in [-0.25, -0.2) is 8.42 Å². The van der Waals surface area contributed by atoms with Crippen LogP contribution in [0.15, 0.2) is 83.8 Å². The zero-order chi connectivity index (χ0) is 30.0. The molecule has 38 heavy (non-hydrogen) atoms. The van der Waals surface area contributed by atoms with E-state index in [9.17, 15) is 13.2 Å². The summed E-state index contributed by atoms with van der Waals surface area (Å²) in [5.74, 6) is 1.27. The van der Waals surface area contributed by atoms with Crippen molar-refractivity contribution in [1.29, 1.82) is 5.41 Å². The van der Waals surface area contributed by atoms with Crippen LogP contribution in [0.25, 0.3) is 0 Å². The van der Waals surface area contributed by atoms with Crippen molar-refractivity contribution in [3.63, 3.8) is 0 Å². The summed E-state index contributed by atoms with van der Waals surface area (Å²) < 4.78 is 27.3. The van der Waals surface area contributed by atoms with Gasteiger partial charge in [0.15, 0.2) is 0 Å². The number of primary amides is 1. The summed E-state index contributed by atoms with van der Waals surface area (Å²) in [5, 5.41) is 5.50. The molecule has 0 spiro atoms. The zero-order valence-electron chi connectivity index (χ0n) is 23.7. The number of aryl methyl sites for hydroxylation is 1. The highest BCUT2D eigenvalue weighted by atomic mass is 32.2. The van der Waals surface area contributed by atoms with E-state index in [1.54, 1.807) is 37.3 Å². The monoisotopic (exact) mass is 542 g/mol. The normalized spacial score (nSPS) is 10.8. The fourth-order valence-corrected chi connectivity index (χ4v) is 4.03. The maximum atomic E-state index is 13.0. The standard InChI is InChI=1S/C18H22N2O3S.C7H8.C2H7N.C2H6.CH3N/c1-14-8-10-17(11-9-14)24(22,23)20(12-15(2)18(19)21)13-16-6-4-3-5-7-16;1-3-5-7-6-4-2;1-2-3;2*1-2/h3-11,15H,12-13H2,1-2H3,(H2,19,21);1,4-7H,2H3;2-3H2,1H3;1-2H3;2H,1H2/b;6-4-,7-5-;;;. The lowest BCUT2D eigenvalue weighted by Crippen LogP contribution is -2.38. The van der Waals surface area contributed by atoms with Gasteiger partial charge in [0.1, 0.15) is 0 Å². The second-order valence-electron chi connectivity index (χ2n) is 7.36. The van der Waals surface area contributed by atoms with Crippen LogP contribution in [0.1, 0.15) is 45.7 Å². The first-order valence-corrected chi connectivity index (χ1v) is 13.8. The molecular formula is C30H46N4O3S. The highest BCUT2D eigenvalue weighted by molar-refractivity contribution is 7.89. The summed E-state index contributed by atoms with van der Waals surface area (Å²) in [6, 6.07) is 16.0. The molecule has 1 unspecified atom stereocenters. The number of hydrogen-bond donors (Lipinski definition) is 3. The molecule has 0 fully saturated rings. The van der Waals surface area contributed by atoms with Gasteiger partial charge >= 0.3 is 0 Å². The minimum Gasteiger partial charge on any atom is -0.369 e. The third-order valence-electron chi connectivity index (χ3n) is 4.32. The Morgan fingerprint density at radius 3 is 2.03 bits per heavy atom. The maximum absolute atomic E-state index is 13.0. The van der Waals surface area contributed by atoms with Gasteiger partial charge in [0.2, 0.25) is 15.9 Å². The van der Waals surface area contributed by atoms with Crippen LogP contribution < -0.4 is 11.5 Å². The largest absolute Gasteiger partial charge is 0.369 e. The smallest absolute Gasteiger partial charge is 0.243 e. The average molecular weight is 543 g/mol. The molecule has 2 aromatic carbocycles. The van der Waals surface area contributed by atoms with Crippen LogP contribution in [0.2, 0.25) is 0 Å². The molecule has 0 aromatic heterocycles. The summed E-state index contributed by atoms with van der Waals surface area (Å²) in [6.07, 6.45) is 12.2. The quantitative estimate of drug-likeness (QED) is 0.237. The number of amides is 1. The number of nitrogens with zero attached hydrogens (tertiary/aromatic N) is 1. The maximum Gasteiger partial charge on any atom is 0.243 e. The van der Waals surface area contributed by atoms with Crippen molar-refractivity contribution >= 4 is 22.6 Å². The molecule has 1 atom stereocenters. The second kappa shape index (κ2) is 25.2. The lowest BCUT2D eigenvalue weighted by atomic mass is 10.1. The number of nitrogens with one attached hydrogen (secondary N) is 1. The molecule has 0 aliphatic carbocycles. The molecule has 0 bridgehead atoms. The van der Waals surface area contributed by atoms with Crippen LogP contribution in [0.3, 0.4) is 0 Å². The molecular weight excluding hydrogens is 496 g/mol. The molecule has 7 nitrogen and oxygen atoms in total. The van der Waals surface area contributed by atoms with Gasteiger partial charge in [-0.3, -0.25) is 4.79 Å². The molecule has 8 heteroatoms. The van der Waals surface area contributed by atoms with E-state index in [2.05, 4.69) is 12.6 Å².